The van der Waals surface area contributed by atoms with Gasteiger partial charge in [0.1, 0.15) is 5.76 Å². The maximum Gasteiger partial charge on any atom is 0.269 e. The number of nitrogens with one attached hydrogen (secondary N) is 4. The Balaban J connectivity index is 1.71. The van der Waals surface area contributed by atoms with Crippen molar-refractivity contribution in [2.24, 2.45) is 0 Å². The monoisotopic (exact) mass is 351 g/mol. The highest BCUT2D eigenvalue weighted by atomic mass is 32.1. The van der Waals surface area contributed by atoms with Crippen molar-refractivity contribution in [3.05, 3.63) is 58.5 Å². The van der Waals surface area contributed by atoms with Gasteiger partial charge in [-0.25, -0.2) is 0 Å². The largest absolute Gasteiger partial charge is 0.467 e. The van der Waals surface area contributed by atoms with Crippen molar-refractivity contribution in [2.75, 3.05) is 5.32 Å². The van der Waals surface area contributed by atoms with Gasteiger partial charge in [0.25, 0.3) is 5.69 Å². The minimum atomic E-state index is -0.467. The van der Waals surface area contributed by atoms with Crippen LogP contribution in [0, 0.1) is 10.1 Å². The molecule has 0 radical (unpaired) electrons. The lowest BCUT2D eigenvalue weighted by Gasteiger charge is -2.13. The highest BCUT2D eigenvalue weighted by Crippen LogP contribution is 2.15. The fourth-order valence-corrected chi connectivity index (χ4v) is 1.86. The third-order valence-electron chi connectivity index (χ3n) is 2.63. The summed E-state index contributed by atoms with van der Waals surface area (Å²) < 4.78 is 5.16. The summed E-state index contributed by atoms with van der Waals surface area (Å²) in [5.41, 5.74) is 6.04. The number of furan rings is 1. The van der Waals surface area contributed by atoms with Crippen molar-refractivity contribution in [3.8, 4) is 0 Å². The first-order valence-corrected chi connectivity index (χ1v) is 7.24. The summed E-state index contributed by atoms with van der Waals surface area (Å²) in [4.78, 5) is 10.1. The number of thiocarbonyl (C=S) groups is 2. The average molecular weight is 351 g/mol. The molecule has 2 aromatic rings. The Kier molecular flexibility index (Phi) is 5.83. The van der Waals surface area contributed by atoms with Crippen molar-refractivity contribution in [1.29, 1.82) is 0 Å². The first kappa shape index (κ1) is 16.6. The van der Waals surface area contributed by atoms with Gasteiger partial charge < -0.3 is 15.1 Å². The van der Waals surface area contributed by atoms with E-state index >= 15 is 0 Å². The van der Waals surface area contributed by atoms with E-state index in [1.54, 1.807) is 24.5 Å². The van der Waals surface area contributed by atoms with E-state index in [1.807, 2.05) is 6.07 Å². The minimum absolute atomic E-state index is 0.0101. The maximum atomic E-state index is 10.6. The van der Waals surface area contributed by atoms with E-state index in [2.05, 4.69) is 21.5 Å². The molecule has 8 nitrogen and oxygen atoms in total. The molecule has 120 valence electrons. The van der Waals surface area contributed by atoms with Gasteiger partial charge in [-0.05, 0) is 48.7 Å². The van der Waals surface area contributed by atoms with Gasteiger partial charge in [-0.3, -0.25) is 21.0 Å². The van der Waals surface area contributed by atoms with Crippen LogP contribution >= 0.6 is 24.4 Å². The van der Waals surface area contributed by atoms with Gasteiger partial charge >= 0.3 is 0 Å². The molecule has 0 aliphatic heterocycles. The summed E-state index contributed by atoms with van der Waals surface area (Å²) in [5.74, 6) is 0.751. The van der Waals surface area contributed by atoms with Crippen LogP contribution in [0.4, 0.5) is 11.4 Å². The molecule has 0 amide bonds. The quantitative estimate of drug-likeness (QED) is 0.374. The zero-order valence-electron chi connectivity index (χ0n) is 11.7. The molecule has 0 aliphatic rings. The van der Waals surface area contributed by atoms with Gasteiger partial charge in [-0.1, -0.05) is 0 Å². The molecule has 1 aromatic carbocycles. The molecule has 0 bridgehead atoms. The Bertz CT molecular complexity index is 688. The average Bonchev–Trinajstić information content (AvgIpc) is 3.05. The van der Waals surface area contributed by atoms with Gasteiger partial charge in [0.15, 0.2) is 10.2 Å². The lowest BCUT2D eigenvalue weighted by molar-refractivity contribution is -0.384. The first-order valence-electron chi connectivity index (χ1n) is 6.42. The van der Waals surface area contributed by atoms with Crippen molar-refractivity contribution < 1.29 is 9.34 Å². The van der Waals surface area contributed by atoms with E-state index < -0.39 is 4.92 Å². The predicted octanol–water partition coefficient (Wildman–Crippen LogP) is 2.05. The lowest BCUT2D eigenvalue weighted by Crippen LogP contribution is -2.47. The van der Waals surface area contributed by atoms with Crippen LogP contribution in [0.3, 0.4) is 0 Å². The maximum absolute atomic E-state index is 10.6. The second-order valence-electron chi connectivity index (χ2n) is 4.27. The van der Waals surface area contributed by atoms with Crippen LogP contribution in [0.15, 0.2) is 47.1 Å². The van der Waals surface area contributed by atoms with Crippen LogP contribution in [0.5, 0.6) is 0 Å². The van der Waals surface area contributed by atoms with Gasteiger partial charge in [0, 0.05) is 17.8 Å². The number of hydrogen-bond acceptors (Lipinski definition) is 5. The second kappa shape index (κ2) is 8.06. The van der Waals surface area contributed by atoms with Gasteiger partial charge in [-0.15, -0.1) is 0 Å². The van der Waals surface area contributed by atoms with E-state index in [0.29, 0.717) is 17.3 Å². The SMILES string of the molecule is O=[N+]([O-])c1ccc(NC(=S)NNC(=S)NCc2ccco2)cc1. The van der Waals surface area contributed by atoms with Crippen LogP contribution in [0.2, 0.25) is 0 Å². The van der Waals surface area contributed by atoms with Crippen molar-refractivity contribution in [3.63, 3.8) is 0 Å². The normalized spacial score (nSPS) is 9.74. The number of benzene rings is 1. The Hall–Kier alpha value is -2.72. The van der Waals surface area contributed by atoms with E-state index in [4.69, 9.17) is 28.9 Å². The molecular formula is C13H13N5O3S2. The molecule has 0 unspecified atom stereocenters. The van der Waals surface area contributed by atoms with E-state index in [9.17, 15) is 10.1 Å². The molecule has 0 saturated carbocycles. The summed E-state index contributed by atoms with van der Waals surface area (Å²) in [6.07, 6.45) is 1.58. The summed E-state index contributed by atoms with van der Waals surface area (Å²) in [6, 6.07) is 9.49. The number of anilines is 1. The molecule has 23 heavy (non-hydrogen) atoms. The Morgan fingerprint density at radius 2 is 1.83 bits per heavy atom. The topological polar surface area (TPSA) is 104 Å². The molecule has 4 N–H and O–H groups in total. The minimum Gasteiger partial charge on any atom is -0.467 e. The summed E-state index contributed by atoms with van der Waals surface area (Å²) in [6.45, 7) is 0.447. The number of hydrogen-bond donors (Lipinski definition) is 4. The van der Waals surface area contributed by atoms with Crippen molar-refractivity contribution in [2.45, 2.75) is 6.54 Å². The highest BCUT2D eigenvalue weighted by molar-refractivity contribution is 7.80. The highest BCUT2D eigenvalue weighted by Gasteiger charge is 2.05. The van der Waals surface area contributed by atoms with E-state index in [1.165, 1.54) is 12.1 Å². The smallest absolute Gasteiger partial charge is 0.269 e. The zero-order valence-corrected chi connectivity index (χ0v) is 13.4. The first-order chi connectivity index (χ1) is 11.0. The predicted molar refractivity (Wildman–Crippen MR) is 93.7 cm³/mol. The third kappa shape index (κ3) is 5.52. The zero-order chi connectivity index (χ0) is 16.7. The fourth-order valence-electron chi connectivity index (χ4n) is 1.57. The standard InChI is InChI=1S/C13H13N5O3S2/c19-18(20)10-5-3-9(4-6-10)15-13(23)17-16-12(22)14-8-11-2-1-7-21-11/h1-7H,8H2,(H2,14,16,22)(H2,15,17,23). The molecule has 0 fully saturated rings. The molecule has 0 saturated heterocycles. The number of nitro benzene ring substituents is 1. The number of non-ortho nitro benzene ring substituents is 1. The Morgan fingerprint density at radius 3 is 2.43 bits per heavy atom. The van der Waals surface area contributed by atoms with Crippen molar-refractivity contribution in [1.82, 2.24) is 16.2 Å². The lowest BCUT2D eigenvalue weighted by atomic mass is 10.3. The number of nitrogens with zero attached hydrogens (tertiary/aromatic N) is 1. The molecule has 1 heterocycles. The Morgan fingerprint density at radius 1 is 1.13 bits per heavy atom. The number of nitro groups is 1. The van der Waals surface area contributed by atoms with Crippen molar-refractivity contribution >= 4 is 46.0 Å². The van der Waals surface area contributed by atoms with E-state index in [0.717, 1.165) is 5.76 Å². The third-order valence-corrected chi connectivity index (χ3v) is 3.08. The number of rotatable bonds is 4. The van der Waals surface area contributed by atoms with E-state index in [-0.39, 0.29) is 10.8 Å². The summed E-state index contributed by atoms with van der Waals surface area (Å²) >= 11 is 10.1. The Labute approximate surface area is 142 Å². The molecule has 0 aliphatic carbocycles. The van der Waals surface area contributed by atoms with Crippen LogP contribution in [0.1, 0.15) is 5.76 Å². The van der Waals surface area contributed by atoms with Crippen LogP contribution < -0.4 is 21.5 Å². The second-order valence-corrected chi connectivity index (χ2v) is 5.09. The van der Waals surface area contributed by atoms with Gasteiger partial charge in [0.2, 0.25) is 0 Å². The molecule has 10 heteroatoms. The van der Waals surface area contributed by atoms with Crippen LogP contribution in [-0.4, -0.2) is 15.1 Å². The van der Waals surface area contributed by atoms with Crippen LogP contribution in [0.25, 0.3) is 0 Å². The number of hydrazine groups is 1. The molecular weight excluding hydrogens is 338 g/mol. The van der Waals surface area contributed by atoms with Gasteiger partial charge in [0.05, 0.1) is 17.7 Å². The molecule has 1 aromatic heterocycles. The molecule has 2 rings (SSSR count). The molecule has 0 spiro atoms. The fraction of sp³-hybridized carbons (Fsp3) is 0.0769. The summed E-state index contributed by atoms with van der Waals surface area (Å²) in [7, 11) is 0. The van der Waals surface area contributed by atoms with Crippen LogP contribution in [-0.2, 0) is 6.54 Å². The molecule has 0 atom stereocenters. The summed E-state index contributed by atoms with van der Waals surface area (Å²) in [5, 5.41) is 17.0. The van der Waals surface area contributed by atoms with Gasteiger partial charge in [-0.2, -0.15) is 0 Å².